The first kappa shape index (κ1) is 17.4. The van der Waals surface area contributed by atoms with Gasteiger partial charge in [0.2, 0.25) is 5.91 Å². The number of tetrazole rings is 1. The number of amides is 1. The fraction of sp³-hybridized carbons (Fsp3) is 0.467. The van der Waals surface area contributed by atoms with Gasteiger partial charge in [-0.25, -0.2) is 4.68 Å². The summed E-state index contributed by atoms with van der Waals surface area (Å²) in [5.41, 5.74) is 8.05. The van der Waals surface area contributed by atoms with Gasteiger partial charge in [0.15, 0.2) is 0 Å². The Hall–Kier alpha value is -1.99. The molecular formula is C15H21ClN6O. The molecule has 0 spiro atoms. The van der Waals surface area contributed by atoms with Crippen molar-refractivity contribution in [1.82, 2.24) is 20.2 Å². The quantitative estimate of drug-likeness (QED) is 0.887. The van der Waals surface area contributed by atoms with Gasteiger partial charge < -0.3 is 11.1 Å². The van der Waals surface area contributed by atoms with Crippen LogP contribution in [0.25, 0.3) is 5.69 Å². The largest absolute Gasteiger partial charge is 0.329 e. The van der Waals surface area contributed by atoms with Crippen LogP contribution in [-0.4, -0.2) is 32.7 Å². The van der Waals surface area contributed by atoms with Crippen molar-refractivity contribution in [3.8, 4) is 5.69 Å². The second kappa shape index (κ2) is 7.06. The molecule has 8 heteroatoms. The Bertz CT molecular complexity index is 667. The highest BCUT2D eigenvalue weighted by Crippen LogP contribution is 2.38. The molecule has 1 aliphatic rings. The Balaban J connectivity index is 0.00000192. The summed E-state index contributed by atoms with van der Waals surface area (Å²) in [6.07, 6.45) is 5.39. The van der Waals surface area contributed by atoms with Crippen LogP contribution in [0, 0.1) is 12.3 Å². The third-order valence-electron chi connectivity index (χ3n) is 4.50. The second-order valence-electron chi connectivity index (χ2n) is 5.90. The van der Waals surface area contributed by atoms with Crippen molar-refractivity contribution in [3.05, 3.63) is 30.1 Å². The topological polar surface area (TPSA) is 98.7 Å². The number of carbonyl (C=O) groups excluding carboxylic acids is 1. The van der Waals surface area contributed by atoms with E-state index in [9.17, 15) is 4.79 Å². The van der Waals surface area contributed by atoms with Gasteiger partial charge in [-0.05, 0) is 47.9 Å². The van der Waals surface area contributed by atoms with Crippen LogP contribution in [0.1, 0.15) is 31.2 Å². The van der Waals surface area contributed by atoms with Crippen molar-refractivity contribution in [3.63, 3.8) is 0 Å². The molecule has 3 N–H and O–H groups in total. The number of carbonyl (C=O) groups is 1. The molecular weight excluding hydrogens is 316 g/mol. The molecule has 0 saturated heterocycles. The van der Waals surface area contributed by atoms with E-state index in [2.05, 4.69) is 20.8 Å². The van der Waals surface area contributed by atoms with Crippen LogP contribution < -0.4 is 11.1 Å². The van der Waals surface area contributed by atoms with E-state index in [1.807, 2.05) is 25.1 Å². The lowest BCUT2D eigenvalue weighted by Gasteiger charge is -2.25. The summed E-state index contributed by atoms with van der Waals surface area (Å²) in [6, 6.07) is 5.71. The van der Waals surface area contributed by atoms with E-state index in [-0.39, 0.29) is 18.3 Å². The van der Waals surface area contributed by atoms with Gasteiger partial charge in [0.05, 0.1) is 11.1 Å². The summed E-state index contributed by atoms with van der Waals surface area (Å²) >= 11 is 0. The summed E-state index contributed by atoms with van der Waals surface area (Å²) in [5.74, 6) is 0.0130. The summed E-state index contributed by atoms with van der Waals surface area (Å²) in [6.45, 7) is 2.37. The molecule has 2 aromatic rings. The minimum absolute atomic E-state index is 0. The van der Waals surface area contributed by atoms with E-state index in [1.54, 1.807) is 4.68 Å². The van der Waals surface area contributed by atoms with Crippen molar-refractivity contribution < 1.29 is 4.79 Å². The van der Waals surface area contributed by atoms with E-state index in [0.717, 1.165) is 42.6 Å². The van der Waals surface area contributed by atoms with Crippen molar-refractivity contribution in [2.75, 3.05) is 11.9 Å². The van der Waals surface area contributed by atoms with Gasteiger partial charge in [-0.3, -0.25) is 4.79 Å². The maximum Gasteiger partial charge on any atom is 0.231 e. The lowest BCUT2D eigenvalue weighted by molar-refractivity contribution is -0.124. The number of hydrogen-bond acceptors (Lipinski definition) is 5. The Kier molecular flexibility index (Phi) is 5.33. The van der Waals surface area contributed by atoms with Gasteiger partial charge in [-0.1, -0.05) is 18.9 Å². The molecule has 1 heterocycles. The molecule has 7 nitrogen and oxygen atoms in total. The first-order valence-electron chi connectivity index (χ1n) is 7.50. The minimum Gasteiger partial charge on any atom is -0.329 e. The zero-order valence-electron chi connectivity index (χ0n) is 13.0. The number of benzene rings is 1. The zero-order valence-corrected chi connectivity index (χ0v) is 13.8. The fourth-order valence-corrected chi connectivity index (χ4v) is 3.04. The van der Waals surface area contributed by atoms with Crippen molar-refractivity contribution in [2.45, 2.75) is 32.6 Å². The highest BCUT2D eigenvalue weighted by molar-refractivity contribution is 5.96. The number of anilines is 1. The molecule has 1 saturated carbocycles. The Morgan fingerprint density at radius 1 is 1.39 bits per heavy atom. The third-order valence-corrected chi connectivity index (χ3v) is 4.50. The van der Waals surface area contributed by atoms with Crippen molar-refractivity contribution in [2.24, 2.45) is 11.1 Å². The van der Waals surface area contributed by atoms with Gasteiger partial charge >= 0.3 is 0 Å². The molecule has 3 rings (SSSR count). The number of hydrogen-bond donors (Lipinski definition) is 2. The van der Waals surface area contributed by atoms with Gasteiger partial charge in [0, 0.05) is 12.2 Å². The van der Waals surface area contributed by atoms with Crippen molar-refractivity contribution >= 4 is 24.0 Å². The molecule has 0 bridgehead atoms. The van der Waals surface area contributed by atoms with Crippen LogP contribution in [0.5, 0.6) is 0 Å². The van der Waals surface area contributed by atoms with Crippen LogP contribution in [-0.2, 0) is 4.79 Å². The van der Waals surface area contributed by atoms with Gasteiger partial charge in [-0.15, -0.1) is 17.5 Å². The van der Waals surface area contributed by atoms with E-state index in [4.69, 9.17) is 5.73 Å². The van der Waals surface area contributed by atoms with Gasteiger partial charge in [0.1, 0.15) is 6.33 Å². The Morgan fingerprint density at radius 2 is 2.13 bits per heavy atom. The molecule has 1 amide bonds. The number of rotatable bonds is 4. The molecule has 124 valence electrons. The number of nitrogens with zero attached hydrogens (tertiary/aromatic N) is 4. The highest BCUT2D eigenvalue weighted by atomic mass is 35.5. The summed E-state index contributed by atoms with van der Waals surface area (Å²) in [5, 5.41) is 14.2. The molecule has 0 atom stereocenters. The van der Waals surface area contributed by atoms with E-state index >= 15 is 0 Å². The summed E-state index contributed by atoms with van der Waals surface area (Å²) in [7, 11) is 0. The first-order valence-corrected chi connectivity index (χ1v) is 7.50. The maximum absolute atomic E-state index is 12.6. The Morgan fingerprint density at radius 3 is 2.74 bits per heavy atom. The van der Waals surface area contributed by atoms with E-state index in [1.165, 1.54) is 6.33 Å². The molecule has 0 radical (unpaired) electrons. The van der Waals surface area contributed by atoms with Gasteiger partial charge in [0.25, 0.3) is 0 Å². The number of aryl methyl sites for hydroxylation is 1. The lowest BCUT2D eigenvalue weighted by atomic mass is 9.85. The number of halogens is 1. The lowest BCUT2D eigenvalue weighted by Crippen LogP contribution is -2.40. The second-order valence-corrected chi connectivity index (χ2v) is 5.90. The molecule has 1 fully saturated rings. The fourth-order valence-electron chi connectivity index (χ4n) is 3.04. The van der Waals surface area contributed by atoms with E-state index < -0.39 is 5.41 Å². The molecule has 0 unspecified atom stereocenters. The summed E-state index contributed by atoms with van der Waals surface area (Å²) in [4.78, 5) is 12.6. The molecule has 1 aromatic heterocycles. The minimum atomic E-state index is -0.417. The highest BCUT2D eigenvalue weighted by Gasteiger charge is 2.39. The van der Waals surface area contributed by atoms with Crippen LogP contribution in [0.15, 0.2) is 24.5 Å². The SMILES string of the molecule is Cc1ccc(NC(=O)C2(CN)CCCC2)cc1-n1cnnn1.Cl. The zero-order chi connectivity index (χ0) is 15.6. The monoisotopic (exact) mass is 336 g/mol. The molecule has 1 aliphatic carbocycles. The molecule has 0 aliphatic heterocycles. The smallest absolute Gasteiger partial charge is 0.231 e. The summed E-state index contributed by atoms with van der Waals surface area (Å²) < 4.78 is 1.58. The Labute approximate surface area is 141 Å². The van der Waals surface area contributed by atoms with Crippen LogP contribution in [0.3, 0.4) is 0 Å². The standard InChI is InChI=1S/C15H20N6O.ClH/c1-11-4-5-12(8-13(11)21-10-17-19-20-21)18-14(22)15(9-16)6-2-3-7-15;/h4-5,8,10H,2-3,6-7,9,16H2,1H3,(H,18,22);1H. The third kappa shape index (κ3) is 3.35. The van der Waals surface area contributed by atoms with E-state index in [0.29, 0.717) is 6.54 Å². The number of nitrogens with two attached hydrogens (primary N) is 1. The number of nitrogens with one attached hydrogen (secondary N) is 1. The molecule has 1 aromatic carbocycles. The first-order chi connectivity index (χ1) is 10.6. The number of aromatic nitrogens is 4. The maximum atomic E-state index is 12.6. The average Bonchev–Trinajstić information content (AvgIpc) is 3.21. The van der Waals surface area contributed by atoms with Gasteiger partial charge in [-0.2, -0.15) is 0 Å². The molecule has 23 heavy (non-hydrogen) atoms. The predicted molar refractivity (Wildman–Crippen MR) is 89.7 cm³/mol. The predicted octanol–water partition coefficient (Wildman–Crippen LogP) is 1.85. The van der Waals surface area contributed by atoms with Crippen molar-refractivity contribution in [1.29, 1.82) is 0 Å². The average molecular weight is 337 g/mol. The van der Waals surface area contributed by atoms with Crippen LogP contribution in [0.2, 0.25) is 0 Å². The normalized spacial score (nSPS) is 15.9. The van der Waals surface area contributed by atoms with Crippen LogP contribution in [0.4, 0.5) is 5.69 Å². The van der Waals surface area contributed by atoms with Crippen LogP contribution >= 0.6 is 12.4 Å².